The summed E-state index contributed by atoms with van der Waals surface area (Å²) >= 11 is 0. The third kappa shape index (κ3) is 3.48. The van der Waals surface area contributed by atoms with Gasteiger partial charge in [0.1, 0.15) is 6.29 Å². The van der Waals surface area contributed by atoms with Crippen LogP contribution in [0.2, 0.25) is 0 Å². The summed E-state index contributed by atoms with van der Waals surface area (Å²) in [7, 11) is 0. The van der Waals surface area contributed by atoms with Gasteiger partial charge in [-0.15, -0.1) is 0 Å². The summed E-state index contributed by atoms with van der Waals surface area (Å²) in [6, 6.07) is 9.96. The number of carbonyl (C=O) groups excluding carboxylic acids is 1. The Bertz CT molecular complexity index is 304. The van der Waals surface area contributed by atoms with Crippen LogP contribution in [0.1, 0.15) is 26.3 Å². The highest BCUT2D eigenvalue weighted by molar-refractivity contribution is 5.58. The second kappa shape index (κ2) is 5.08. The van der Waals surface area contributed by atoms with Crippen molar-refractivity contribution >= 4 is 6.29 Å². The average Bonchev–Trinajstić information content (AvgIpc) is 2.27. The number of carbonyl (C=O) groups is 1. The minimum Gasteiger partial charge on any atom is -0.373 e. The normalized spacial score (nSPS) is 13.5. The monoisotopic (exact) mass is 206 g/mol. The molecule has 0 heterocycles. The molecule has 2 heteroatoms. The molecule has 0 fully saturated rings. The summed E-state index contributed by atoms with van der Waals surface area (Å²) in [6.07, 6.45) is 0.873. The maximum Gasteiger partial charge on any atom is 0.128 e. The topological polar surface area (TPSA) is 26.3 Å². The molecular weight excluding hydrogens is 188 g/mol. The van der Waals surface area contributed by atoms with Crippen molar-refractivity contribution < 1.29 is 9.53 Å². The molecule has 0 aliphatic rings. The van der Waals surface area contributed by atoms with Gasteiger partial charge in [-0.05, 0) is 12.5 Å². The molecule has 0 aliphatic heterocycles. The minimum absolute atomic E-state index is 0.0739. The molecule has 1 aromatic rings. The molecule has 0 radical (unpaired) electrons. The number of benzene rings is 1. The first kappa shape index (κ1) is 11.9. The Morgan fingerprint density at radius 1 is 1.33 bits per heavy atom. The van der Waals surface area contributed by atoms with E-state index in [1.54, 1.807) is 0 Å². The van der Waals surface area contributed by atoms with E-state index in [4.69, 9.17) is 4.74 Å². The molecule has 0 saturated heterocycles. The predicted molar refractivity (Wildman–Crippen MR) is 60.5 cm³/mol. The number of aldehydes is 1. The van der Waals surface area contributed by atoms with E-state index in [1.165, 1.54) is 0 Å². The van der Waals surface area contributed by atoms with Crippen molar-refractivity contribution in [1.82, 2.24) is 0 Å². The van der Waals surface area contributed by atoms with Crippen molar-refractivity contribution in [3.05, 3.63) is 35.9 Å². The van der Waals surface area contributed by atoms with Crippen molar-refractivity contribution in [2.75, 3.05) is 0 Å². The maximum atomic E-state index is 10.8. The molecule has 1 rings (SSSR count). The van der Waals surface area contributed by atoms with Crippen molar-refractivity contribution in [3.63, 3.8) is 0 Å². The first-order valence-electron chi connectivity index (χ1n) is 5.18. The van der Waals surface area contributed by atoms with Crippen LogP contribution in [0.25, 0.3) is 0 Å². The van der Waals surface area contributed by atoms with Crippen LogP contribution < -0.4 is 0 Å². The van der Waals surface area contributed by atoms with Gasteiger partial charge < -0.3 is 9.53 Å². The molecule has 0 N–H and O–H groups in total. The molecule has 0 unspecified atom stereocenters. The van der Waals surface area contributed by atoms with E-state index in [-0.39, 0.29) is 6.10 Å². The van der Waals surface area contributed by atoms with Crippen LogP contribution in [0.4, 0.5) is 0 Å². The van der Waals surface area contributed by atoms with Gasteiger partial charge in [0.25, 0.3) is 0 Å². The van der Waals surface area contributed by atoms with Crippen LogP contribution in [0.3, 0.4) is 0 Å². The summed E-state index contributed by atoms with van der Waals surface area (Å²) in [5.41, 5.74) is 0.709. The smallest absolute Gasteiger partial charge is 0.128 e. The molecule has 0 saturated carbocycles. The lowest BCUT2D eigenvalue weighted by Gasteiger charge is -2.25. The highest BCUT2D eigenvalue weighted by Gasteiger charge is 2.25. The van der Waals surface area contributed by atoms with Crippen molar-refractivity contribution in [2.45, 2.75) is 33.5 Å². The van der Waals surface area contributed by atoms with Crippen LogP contribution >= 0.6 is 0 Å². The molecule has 0 amide bonds. The van der Waals surface area contributed by atoms with Crippen LogP contribution in [-0.2, 0) is 16.1 Å². The van der Waals surface area contributed by atoms with Gasteiger partial charge in [-0.3, -0.25) is 0 Å². The first-order chi connectivity index (χ1) is 7.06. The van der Waals surface area contributed by atoms with E-state index in [9.17, 15) is 4.79 Å². The molecule has 0 aromatic heterocycles. The Hall–Kier alpha value is -1.15. The second-order valence-electron chi connectivity index (χ2n) is 4.38. The first-order valence-corrected chi connectivity index (χ1v) is 5.18. The summed E-state index contributed by atoms with van der Waals surface area (Å²) < 4.78 is 5.65. The zero-order valence-corrected chi connectivity index (χ0v) is 9.57. The fraction of sp³-hybridized carbons (Fsp3) is 0.462. The third-order valence-electron chi connectivity index (χ3n) is 2.69. The number of hydrogen-bond donors (Lipinski definition) is 0. The highest BCUT2D eigenvalue weighted by atomic mass is 16.5. The summed E-state index contributed by atoms with van der Waals surface area (Å²) in [6.45, 7) is 6.25. The van der Waals surface area contributed by atoms with Gasteiger partial charge in [0.15, 0.2) is 0 Å². The SMILES string of the molecule is C[C@H](OCc1ccccc1)C(C)(C)C=O. The molecule has 15 heavy (non-hydrogen) atoms. The van der Waals surface area contributed by atoms with Gasteiger partial charge in [-0.1, -0.05) is 44.2 Å². The van der Waals surface area contributed by atoms with Gasteiger partial charge in [0.05, 0.1) is 12.7 Å². The number of rotatable bonds is 5. The summed E-state index contributed by atoms with van der Waals surface area (Å²) in [4.78, 5) is 10.8. The maximum absolute atomic E-state index is 10.8. The fourth-order valence-electron chi connectivity index (χ4n) is 1.11. The van der Waals surface area contributed by atoms with Crippen molar-refractivity contribution in [1.29, 1.82) is 0 Å². The number of hydrogen-bond acceptors (Lipinski definition) is 2. The molecular formula is C13H18O2. The van der Waals surface area contributed by atoms with Gasteiger partial charge in [-0.2, -0.15) is 0 Å². The van der Waals surface area contributed by atoms with Gasteiger partial charge in [0, 0.05) is 5.41 Å². The third-order valence-corrected chi connectivity index (χ3v) is 2.69. The van der Waals surface area contributed by atoms with E-state index in [0.717, 1.165) is 11.8 Å². The molecule has 1 aromatic carbocycles. The zero-order chi connectivity index (χ0) is 11.3. The second-order valence-corrected chi connectivity index (χ2v) is 4.38. The van der Waals surface area contributed by atoms with Crippen LogP contribution in [0.5, 0.6) is 0 Å². The van der Waals surface area contributed by atoms with Gasteiger partial charge in [0.2, 0.25) is 0 Å². The summed E-state index contributed by atoms with van der Waals surface area (Å²) in [5, 5.41) is 0. The molecule has 1 atom stereocenters. The Morgan fingerprint density at radius 3 is 2.47 bits per heavy atom. The highest BCUT2D eigenvalue weighted by Crippen LogP contribution is 2.21. The zero-order valence-electron chi connectivity index (χ0n) is 9.57. The van der Waals surface area contributed by atoms with Crippen molar-refractivity contribution in [2.24, 2.45) is 5.41 Å². The molecule has 0 bridgehead atoms. The molecule has 82 valence electrons. The standard InChI is InChI=1S/C13H18O2/c1-11(13(2,3)10-14)15-9-12-7-5-4-6-8-12/h4-8,10-11H,9H2,1-3H3/t11-/m0/s1. The van der Waals surface area contributed by atoms with Gasteiger partial charge >= 0.3 is 0 Å². The van der Waals surface area contributed by atoms with Gasteiger partial charge in [-0.25, -0.2) is 0 Å². The Morgan fingerprint density at radius 2 is 1.93 bits per heavy atom. The van der Waals surface area contributed by atoms with E-state index in [1.807, 2.05) is 51.1 Å². The lowest BCUT2D eigenvalue weighted by atomic mass is 9.89. The van der Waals surface area contributed by atoms with Crippen LogP contribution in [0, 0.1) is 5.41 Å². The van der Waals surface area contributed by atoms with Crippen LogP contribution in [0.15, 0.2) is 30.3 Å². The van der Waals surface area contributed by atoms with Crippen molar-refractivity contribution in [3.8, 4) is 0 Å². The minimum atomic E-state index is -0.422. The lowest BCUT2D eigenvalue weighted by Crippen LogP contribution is -2.30. The Labute approximate surface area is 91.3 Å². The average molecular weight is 206 g/mol. The lowest BCUT2D eigenvalue weighted by molar-refractivity contribution is -0.122. The van der Waals surface area contributed by atoms with E-state index < -0.39 is 5.41 Å². The molecule has 0 spiro atoms. The Balaban J connectivity index is 2.48. The molecule has 2 nitrogen and oxygen atoms in total. The van der Waals surface area contributed by atoms with E-state index in [2.05, 4.69) is 0 Å². The Kier molecular flexibility index (Phi) is 4.04. The fourth-order valence-corrected chi connectivity index (χ4v) is 1.11. The molecule has 0 aliphatic carbocycles. The van der Waals surface area contributed by atoms with E-state index in [0.29, 0.717) is 6.61 Å². The summed E-state index contributed by atoms with van der Waals surface area (Å²) in [5.74, 6) is 0. The van der Waals surface area contributed by atoms with Crippen LogP contribution in [-0.4, -0.2) is 12.4 Å². The number of ether oxygens (including phenoxy) is 1. The largest absolute Gasteiger partial charge is 0.373 e. The van der Waals surface area contributed by atoms with E-state index >= 15 is 0 Å². The quantitative estimate of drug-likeness (QED) is 0.692. The predicted octanol–water partition coefficient (Wildman–Crippen LogP) is 2.82.